The van der Waals surface area contributed by atoms with Gasteiger partial charge in [0.15, 0.2) is 0 Å². The van der Waals surface area contributed by atoms with Gasteiger partial charge in [0.25, 0.3) is 0 Å². The van der Waals surface area contributed by atoms with Gasteiger partial charge in [0, 0.05) is 0 Å². The zero-order valence-electron chi connectivity index (χ0n) is 10.0. The van der Waals surface area contributed by atoms with Gasteiger partial charge in [-0.1, -0.05) is 0 Å². The number of aromatic nitrogens is 2. The zero-order valence-corrected chi connectivity index (χ0v) is 15.1. The van der Waals surface area contributed by atoms with E-state index in [0.29, 0.717) is 0 Å². The summed E-state index contributed by atoms with van der Waals surface area (Å²) < 4.78 is 8.84. The Morgan fingerprint density at radius 3 is 2.47 bits per heavy atom. The Hall–Kier alpha value is 0.699. The van der Waals surface area contributed by atoms with Crippen LogP contribution in [0.2, 0.25) is 14.8 Å². The van der Waals surface area contributed by atoms with Crippen LogP contribution in [-0.4, -0.2) is 33.5 Å². The van der Waals surface area contributed by atoms with Crippen LogP contribution in [0.4, 0.5) is 0 Å². The van der Waals surface area contributed by atoms with E-state index in [0.717, 1.165) is 6.54 Å². The van der Waals surface area contributed by atoms with Gasteiger partial charge in [-0.05, 0) is 0 Å². The molecule has 0 aliphatic rings. The van der Waals surface area contributed by atoms with Crippen molar-refractivity contribution in [1.29, 1.82) is 0 Å². The Morgan fingerprint density at radius 1 is 1.47 bits per heavy atom. The Bertz CT molecular complexity index is 330. The second-order valence-corrected chi connectivity index (χ2v) is 20.3. The molecule has 0 N–H and O–H groups in total. The summed E-state index contributed by atoms with van der Waals surface area (Å²) in [4.78, 5) is 11.6. The molecule has 0 amide bonds. The first-order valence-corrected chi connectivity index (χ1v) is 15.9. The first-order valence-electron chi connectivity index (χ1n) is 5.07. The SMILES string of the molecule is CC(C)(Cn1cn[c]([Sn]([CH3])([CH3])[CH3])c1)OI. The Morgan fingerprint density at radius 2 is 2.07 bits per heavy atom. The van der Waals surface area contributed by atoms with E-state index in [1.165, 1.54) is 3.71 Å². The van der Waals surface area contributed by atoms with E-state index < -0.39 is 18.4 Å². The average Bonchev–Trinajstić information content (AvgIpc) is 2.51. The predicted molar refractivity (Wildman–Crippen MR) is 74.4 cm³/mol. The molecule has 1 heterocycles. The third-order valence-electron chi connectivity index (χ3n) is 2.17. The van der Waals surface area contributed by atoms with Gasteiger partial charge in [0.2, 0.25) is 0 Å². The molecule has 3 nitrogen and oxygen atoms in total. The van der Waals surface area contributed by atoms with Gasteiger partial charge >= 0.3 is 111 Å². The van der Waals surface area contributed by atoms with Crippen molar-refractivity contribution in [3.8, 4) is 0 Å². The summed E-state index contributed by atoms with van der Waals surface area (Å²) in [5, 5.41) is 0. The van der Waals surface area contributed by atoms with Crippen molar-refractivity contribution in [2.45, 2.75) is 40.8 Å². The fraction of sp³-hybridized carbons (Fsp3) is 0.700. The van der Waals surface area contributed by atoms with Crippen LogP contribution < -0.4 is 3.71 Å². The quantitative estimate of drug-likeness (QED) is 0.544. The van der Waals surface area contributed by atoms with Crippen molar-refractivity contribution in [3.63, 3.8) is 0 Å². The molecule has 0 aliphatic carbocycles. The molecule has 0 unspecified atom stereocenters. The molecule has 1 aromatic heterocycles. The fourth-order valence-electron chi connectivity index (χ4n) is 1.30. The van der Waals surface area contributed by atoms with Gasteiger partial charge in [0.1, 0.15) is 0 Å². The zero-order chi connectivity index (χ0) is 11.7. The molecule has 0 aliphatic heterocycles. The minimum atomic E-state index is -1.98. The van der Waals surface area contributed by atoms with E-state index in [9.17, 15) is 0 Å². The molecule has 0 fully saturated rings. The molecule has 0 aromatic carbocycles. The van der Waals surface area contributed by atoms with Crippen molar-refractivity contribution in [1.82, 2.24) is 9.55 Å². The number of hydrogen-bond acceptors (Lipinski definition) is 2. The summed E-state index contributed by atoms with van der Waals surface area (Å²) in [6.45, 7) is 5.02. The van der Waals surface area contributed by atoms with Crippen LogP contribution in [0, 0.1) is 0 Å². The van der Waals surface area contributed by atoms with Crippen LogP contribution in [0.5, 0.6) is 0 Å². The summed E-state index contributed by atoms with van der Waals surface area (Å²) in [5.74, 6) is 0. The molecular formula is C10H19IN2OSn. The predicted octanol–water partition coefficient (Wildman–Crippen LogP) is 2.57. The maximum atomic E-state index is 5.37. The van der Waals surface area contributed by atoms with E-state index in [-0.39, 0.29) is 5.60 Å². The molecule has 1 aromatic rings. The summed E-state index contributed by atoms with van der Waals surface area (Å²) in [7, 11) is 0. The van der Waals surface area contributed by atoms with Gasteiger partial charge in [-0.25, -0.2) is 0 Å². The van der Waals surface area contributed by atoms with Crippen molar-refractivity contribution >= 4 is 45.1 Å². The van der Waals surface area contributed by atoms with Crippen molar-refractivity contribution in [3.05, 3.63) is 12.5 Å². The molecular weight excluding hydrogens is 410 g/mol. The van der Waals surface area contributed by atoms with Gasteiger partial charge in [-0.3, -0.25) is 0 Å². The molecule has 0 saturated carbocycles. The van der Waals surface area contributed by atoms with Gasteiger partial charge < -0.3 is 0 Å². The fourth-order valence-corrected chi connectivity index (χ4v) is 4.29. The summed E-state index contributed by atoms with van der Waals surface area (Å²) in [5.41, 5.74) is -0.133. The molecule has 0 radical (unpaired) electrons. The number of hydrogen-bond donors (Lipinski definition) is 0. The van der Waals surface area contributed by atoms with Crippen LogP contribution in [0.25, 0.3) is 0 Å². The van der Waals surface area contributed by atoms with E-state index in [2.05, 4.69) is 44.4 Å². The summed E-state index contributed by atoms with van der Waals surface area (Å²) in [6, 6.07) is 0. The molecule has 0 spiro atoms. The standard InChI is InChI=1S/C7H10IN2O.3CH3.Sn/c1-7(2,11-8)5-10-4-3-9-6-10;;;;/h4,6H,5H2,1-2H3;3*1H3;. The third-order valence-corrected chi connectivity index (χ3v) is 8.49. The van der Waals surface area contributed by atoms with Gasteiger partial charge in [-0.2, -0.15) is 0 Å². The molecule has 0 saturated heterocycles. The first kappa shape index (κ1) is 13.8. The van der Waals surface area contributed by atoms with Crippen molar-refractivity contribution in [2.24, 2.45) is 0 Å². The van der Waals surface area contributed by atoms with Crippen LogP contribution >= 0.6 is 23.0 Å². The second kappa shape index (κ2) is 4.91. The molecule has 1 rings (SSSR count). The second-order valence-electron chi connectivity index (χ2n) is 5.52. The molecule has 15 heavy (non-hydrogen) atoms. The molecule has 5 heteroatoms. The summed E-state index contributed by atoms with van der Waals surface area (Å²) >= 11 is -0.0221. The van der Waals surface area contributed by atoms with Crippen LogP contribution in [0.15, 0.2) is 12.5 Å². The molecule has 0 atom stereocenters. The topological polar surface area (TPSA) is 27.1 Å². The van der Waals surface area contributed by atoms with Gasteiger partial charge in [0.05, 0.1) is 0 Å². The third kappa shape index (κ3) is 4.22. The minimum absolute atomic E-state index is 0.133. The van der Waals surface area contributed by atoms with Crippen molar-refractivity contribution in [2.75, 3.05) is 0 Å². The number of rotatable bonds is 4. The Balaban J connectivity index is 2.78. The van der Waals surface area contributed by atoms with E-state index in [1.54, 1.807) is 0 Å². The Kier molecular flexibility index (Phi) is 4.51. The first-order chi connectivity index (χ1) is 6.74. The van der Waals surface area contributed by atoms with Crippen molar-refractivity contribution < 1.29 is 3.07 Å². The monoisotopic (exact) mass is 430 g/mol. The maximum absolute atomic E-state index is 5.37. The van der Waals surface area contributed by atoms with Crippen LogP contribution in [-0.2, 0) is 9.61 Å². The summed E-state index contributed by atoms with van der Waals surface area (Å²) in [6.07, 6.45) is 4.11. The van der Waals surface area contributed by atoms with Gasteiger partial charge in [-0.15, -0.1) is 0 Å². The van der Waals surface area contributed by atoms with E-state index >= 15 is 0 Å². The normalized spacial score (nSPS) is 13.2. The van der Waals surface area contributed by atoms with E-state index in [4.69, 9.17) is 3.07 Å². The van der Waals surface area contributed by atoms with E-state index in [1.807, 2.05) is 29.3 Å². The molecule has 86 valence electrons. The van der Waals surface area contributed by atoms with Crippen LogP contribution in [0.3, 0.4) is 0 Å². The molecule has 0 bridgehead atoms. The number of halogens is 1. The number of imidazole rings is 1. The van der Waals surface area contributed by atoms with Crippen LogP contribution in [0.1, 0.15) is 13.8 Å². The Labute approximate surface area is 110 Å². The number of nitrogens with zero attached hydrogens (tertiary/aromatic N) is 2. The average molecular weight is 429 g/mol.